The van der Waals surface area contributed by atoms with E-state index < -0.39 is 10.0 Å². The van der Waals surface area contributed by atoms with Gasteiger partial charge in [0, 0.05) is 39.3 Å². The van der Waals surface area contributed by atoms with Crippen molar-refractivity contribution in [2.45, 2.75) is 36.7 Å². The van der Waals surface area contributed by atoms with Crippen LogP contribution in [-0.4, -0.2) is 92.2 Å². The van der Waals surface area contributed by atoms with E-state index in [1.807, 2.05) is 4.90 Å². The number of morpholine rings is 1. The number of piperazine rings is 1. The normalized spacial score (nSPS) is 36.4. The van der Waals surface area contributed by atoms with Crippen LogP contribution in [0.1, 0.15) is 19.3 Å². The van der Waals surface area contributed by atoms with Gasteiger partial charge in [-0.1, -0.05) is 0 Å². The van der Waals surface area contributed by atoms with E-state index in [0.29, 0.717) is 19.5 Å². The summed E-state index contributed by atoms with van der Waals surface area (Å²) in [5.74, 6) is -0.0286. The van der Waals surface area contributed by atoms with E-state index in [-0.39, 0.29) is 29.3 Å². The van der Waals surface area contributed by atoms with E-state index in [1.54, 1.807) is 4.31 Å². The number of amides is 1. The van der Waals surface area contributed by atoms with Crippen LogP contribution in [-0.2, 0) is 19.6 Å². The van der Waals surface area contributed by atoms with Gasteiger partial charge in [-0.15, -0.1) is 0 Å². The lowest BCUT2D eigenvalue weighted by Gasteiger charge is -2.35. The van der Waals surface area contributed by atoms with Crippen molar-refractivity contribution >= 4 is 15.9 Å². The third-order valence-corrected chi connectivity index (χ3v) is 7.89. The van der Waals surface area contributed by atoms with Crippen molar-refractivity contribution in [2.24, 2.45) is 5.92 Å². The van der Waals surface area contributed by atoms with Gasteiger partial charge in [-0.3, -0.25) is 4.79 Å². The molecule has 8 heteroatoms. The third-order valence-electron chi connectivity index (χ3n) is 5.56. The predicted octanol–water partition coefficient (Wildman–Crippen LogP) is -0.658. The summed E-state index contributed by atoms with van der Waals surface area (Å²) in [5.41, 5.74) is 0. The Morgan fingerprint density at radius 2 is 1.78 bits per heavy atom. The van der Waals surface area contributed by atoms with E-state index in [1.165, 1.54) is 0 Å². The summed E-state index contributed by atoms with van der Waals surface area (Å²) in [4.78, 5) is 17.0. The summed E-state index contributed by atoms with van der Waals surface area (Å²) >= 11 is 0. The Morgan fingerprint density at radius 1 is 1.09 bits per heavy atom. The fraction of sp³-hybridized carbons (Fsp3) is 0.933. The van der Waals surface area contributed by atoms with Gasteiger partial charge in [0.2, 0.25) is 15.9 Å². The summed E-state index contributed by atoms with van der Waals surface area (Å²) in [6.45, 7) is 4.08. The Bertz CT molecular complexity index is 584. The highest BCUT2D eigenvalue weighted by atomic mass is 32.2. The van der Waals surface area contributed by atoms with Crippen LogP contribution in [0.2, 0.25) is 0 Å². The number of sulfonamides is 1. The topological polar surface area (TPSA) is 70.2 Å². The molecule has 0 aromatic heterocycles. The molecule has 3 aliphatic heterocycles. The zero-order valence-electron chi connectivity index (χ0n) is 13.6. The number of likely N-dealkylation sites (N-methyl/N-ethyl adjacent to an activating group) is 1. The summed E-state index contributed by atoms with van der Waals surface area (Å²) in [7, 11) is -1.11. The zero-order valence-corrected chi connectivity index (χ0v) is 14.4. The first kappa shape index (κ1) is 15.8. The Kier molecular flexibility index (Phi) is 3.91. The van der Waals surface area contributed by atoms with Crippen LogP contribution < -0.4 is 0 Å². The van der Waals surface area contributed by atoms with Crippen molar-refractivity contribution in [3.63, 3.8) is 0 Å². The molecule has 3 atom stereocenters. The first-order valence-electron chi connectivity index (χ1n) is 8.57. The predicted molar refractivity (Wildman–Crippen MR) is 84.4 cm³/mol. The van der Waals surface area contributed by atoms with Gasteiger partial charge in [0.05, 0.1) is 23.4 Å². The Labute approximate surface area is 137 Å². The van der Waals surface area contributed by atoms with Gasteiger partial charge >= 0.3 is 0 Å². The molecule has 130 valence electrons. The molecule has 4 rings (SSSR count). The quantitative estimate of drug-likeness (QED) is 0.681. The SMILES string of the molecule is CN1CCN(C(=O)[C@@H]2C[C@H]3CN(S(=O)(=O)C4CC4)C[C@@H]2O3)CC1. The molecule has 0 unspecified atom stereocenters. The maximum Gasteiger partial charge on any atom is 0.228 e. The molecule has 23 heavy (non-hydrogen) atoms. The molecule has 2 bridgehead atoms. The number of ether oxygens (including phenoxy) is 1. The maximum absolute atomic E-state index is 12.8. The van der Waals surface area contributed by atoms with Crippen LogP contribution in [0.5, 0.6) is 0 Å². The fourth-order valence-corrected chi connectivity index (χ4v) is 5.81. The Balaban J connectivity index is 1.43. The standard InChI is InChI=1S/C15H25N3O4S/c1-16-4-6-17(7-5-16)15(19)13-8-11-9-18(10-14(13)22-11)23(20,21)12-2-3-12/h11-14H,2-10H2,1H3/t11-,13+,14-/m0/s1. The summed E-state index contributed by atoms with van der Waals surface area (Å²) in [6.07, 6.45) is 1.82. The summed E-state index contributed by atoms with van der Waals surface area (Å²) in [6, 6.07) is 0. The summed E-state index contributed by atoms with van der Waals surface area (Å²) in [5, 5.41) is -0.188. The number of carbonyl (C=O) groups is 1. The highest BCUT2D eigenvalue weighted by Crippen LogP contribution is 2.38. The van der Waals surface area contributed by atoms with E-state index >= 15 is 0 Å². The van der Waals surface area contributed by atoms with Gasteiger partial charge in [0.1, 0.15) is 0 Å². The van der Waals surface area contributed by atoms with Gasteiger partial charge in [-0.2, -0.15) is 4.31 Å². The molecule has 1 saturated carbocycles. The van der Waals surface area contributed by atoms with Crippen LogP contribution in [0.15, 0.2) is 0 Å². The van der Waals surface area contributed by atoms with Crippen LogP contribution in [0, 0.1) is 5.92 Å². The number of hydrogen-bond acceptors (Lipinski definition) is 5. The van der Waals surface area contributed by atoms with Gasteiger partial charge in [-0.25, -0.2) is 8.42 Å². The Hall–Kier alpha value is -0.700. The van der Waals surface area contributed by atoms with Crippen LogP contribution in [0.25, 0.3) is 0 Å². The first-order chi connectivity index (χ1) is 10.9. The van der Waals surface area contributed by atoms with E-state index in [9.17, 15) is 13.2 Å². The molecule has 0 aromatic rings. The molecule has 1 amide bonds. The largest absolute Gasteiger partial charge is 0.371 e. The van der Waals surface area contributed by atoms with Crippen molar-refractivity contribution in [1.82, 2.24) is 14.1 Å². The van der Waals surface area contributed by atoms with Crippen molar-refractivity contribution in [3.8, 4) is 0 Å². The smallest absolute Gasteiger partial charge is 0.228 e. The average Bonchev–Trinajstić information content (AvgIpc) is 3.34. The second kappa shape index (κ2) is 5.68. The highest BCUT2D eigenvalue weighted by molar-refractivity contribution is 7.90. The molecule has 3 saturated heterocycles. The molecule has 0 radical (unpaired) electrons. The number of fused-ring (bicyclic) bond motifs is 2. The zero-order chi connectivity index (χ0) is 16.2. The van der Waals surface area contributed by atoms with E-state index in [2.05, 4.69) is 11.9 Å². The number of rotatable bonds is 3. The lowest BCUT2D eigenvalue weighted by atomic mass is 9.98. The van der Waals surface area contributed by atoms with Crippen molar-refractivity contribution in [3.05, 3.63) is 0 Å². The van der Waals surface area contributed by atoms with Crippen molar-refractivity contribution in [2.75, 3.05) is 46.3 Å². The van der Waals surface area contributed by atoms with Gasteiger partial charge in [0.25, 0.3) is 0 Å². The second-order valence-corrected chi connectivity index (χ2v) is 9.54. The molecule has 0 aromatic carbocycles. The molecule has 7 nitrogen and oxygen atoms in total. The van der Waals surface area contributed by atoms with E-state index in [4.69, 9.17) is 4.74 Å². The Morgan fingerprint density at radius 3 is 2.43 bits per heavy atom. The molecule has 0 N–H and O–H groups in total. The van der Waals surface area contributed by atoms with Gasteiger partial charge in [0.15, 0.2) is 0 Å². The van der Waals surface area contributed by atoms with Crippen LogP contribution >= 0.6 is 0 Å². The molecule has 0 spiro atoms. The van der Waals surface area contributed by atoms with Crippen molar-refractivity contribution in [1.29, 1.82) is 0 Å². The maximum atomic E-state index is 12.8. The lowest BCUT2D eigenvalue weighted by molar-refractivity contribution is -0.139. The first-order valence-corrected chi connectivity index (χ1v) is 10.1. The number of carbonyl (C=O) groups excluding carboxylic acids is 1. The number of nitrogens with zero attached hydrogens (tertiary/aromatic N) is 3. The van der Waals surface area contributed by atoms with Crippen LogP contribution in [0.3, 0.4) is 0 Å². The minimum absolute atomic E-state index is 0.122. The fourth-order valence-electron chi connectivity index (χ4n) is 3.93. The monoisotopic (exact) mass is 343 g/mol. The van der Waals surface area contributed by atoms with Gasteiger partial charge < -0.3 is 14.5 Å². The molecule has 4 aliphatic rings. The summed E-state index contributed by atoms with van der Waals surface area (Å²) < 4.78 is 32.4. The van der Waals surface area contributed by atoms with E-state index in [0.717, 1.165) is 39.0 Å². The third kappa shape index (κ3) is 2.90. The molecule has 1 aliphatic carbocycles. The minimum atomic E-state index is -3.17. The molecule has 3 heterocycles. The minimum Gasteiger partial charge on any atom is -0.371 e. The molecular weight excluding hydrogens is 318 g/mol. The number of hydrogen-bond donors (Lipinski definition) is 0. The highest BCUT2D eigenvalue weighted by Gasteiger charge is 2.51. The average molecular weight is 343 g/mol. The lowest BCUT2D eigenvalue weighted by Crippen LogP contribution is -2.52. The second-order valence-electron chi connectivity index (χ2n) is 7.33. The van der Waals surface area contributed by atoms with Gasteiger partial charge in [-0.05, 0) is 26.3 Å². The van der Waals surface area contributed by atoms with Crippen LogP contribution in [0.4, 0.5) is 0 Å². The molecular formula is C15H25N3O4S. The molecule has 4 fully saturated rings. The van der Waals surface area contributed by atoms with Crippen molar-refractivity contribution < 1.29 is 17.9 Å².